The molecular formula is C18H19NO4. The smallest absolute Gasteiger partial charge is 0.231 e. The lowest BCUT2D eigenvalue weighted by Crippen LogP contribution is -2.32. The number of fused-ring (bicyclic) bond motifs is 1. The number of carbonyl (C=O) groups is 1. The standard InChI is InChI=1S/C18H19NO4/c1-21-15-5-3-4-14(10-15)19-18(20)13-8-12-9-16(22-2)6-7-17(12)23-11-13/h3-7,9-10,13H,8,11H2,1-2H3,(H,19,20)/t13-/m1/s1. The molecule has 0 fully saturated rings. The summed E-state index contributed by atoms with van der Waals surface area (Å²) in [6.45, 7) is 0.370. The highest BCUT2D eigenvalue weighted by molar-refractivity contribution is 5.93. The minimum absolute atomic E-state index is 0.0632. The van der Waals surface area contributed by atoms with Gasteiger partial charge in [0.05, 0.1) is 20.1 Å². The Hall–Kier alpha value is -2.69. The fourth-order valence-corrected chi connectivity index (χ4v) is 2.61. The zero-order valence-electron chi connectivity index (χ0n) is 13.2. The van der Waals surface area contributed by atoms with Gasteiger partial charge in [0.25, 0.3) is 0 Å². The van der Waals surface area contributed by atoms with Crippen molar-refractivity contribution < 1.29 is 19.0 Å². The van der Waals surface area contributed by atoms with Crippen LogP contribution in [0.1, 0.15) is 5.56 Å². The molecule has 120 valence electrons. The lowest BCUT2D eigenvalue weighted by Gasteiger charge is -2.25. The van der Waals surface area contributed by atoms with Crippen LogP contribution in [0.15, 0.2) is 42.5 Å². The molecule has 1 amide bonds. The number of rotatable bonds is 4. The number of hydrogen-bond donors (Lipinski definition) is 1. The van der Waals surface area contributed by atoms with Gasteiger partial charge in [0.1, 0.15) is 23.9 Å². The summed E-state index contributed by atoms with van der Waals surface area (Å²) in [5.74, 6) is 1.99. The molecule has 23 heavy (non-hydrogen) atoms. The number of amides is 1. The Morgan fingerprint density at radius 2 is 1.91 bits per heavy atom. The van der Waals surface area contributed by atoms with Crippen LogP contribution in [0.2, 0.25) is 0 Å². The molecule has 0 aliphatic carbocycles. The Morgan fingerprint density at radius 1 is 1.13 bits per heavy atom. The van der Waals surface area contributed by atoms with Gasteiger partial charge in [-0.25, -0.2) is 0 Å². The summed E-state index contributed by atoms with van der Waals surface area (Å²) in [6, 6.07) is 13.0. The van der Waals surface area contributed by atoms with Crippen molar-refractivity contribution in [2.45, 2.75) is 6.42 Å². The van der Waals surface area contributed by atoms with Crippen LogP contribution >= 0.6 is 0 Å². The molecule has 1 N–H and O–H groups in total. The Balaban J connectivity index is 1.71. The van der Waals surface area contributed by atoms with Gasteiger partial charge in [0, 0.05) is 11.8 Å². The highest BCUT2D eigenvalue weighted by Gasteiger charge is 2.26. The Labute approximate surface area is 135 Å². The molecule has 1 aliphatic rings. The van der Waals surface area contributed by atoms with Gasteiger partial charge in [-0.2, -0.15) is 0 Å². The number of hydrogen-bond acceptors (Lipinski definition) is 4. The summed E-state index contributed by atoms with van der Waals surface area (Å²) >= 11 is 0. The second-order valence-corrected chi connectivity index (χ2v) is 5.41. The molecule has 1 atom stereocenters. The predicted molar refractivity (Wildman–Crippen MR) is 87.3 cm³/mol. The van der Waals surface area contributed by atoms with E-state index in [0.717, 1.165) is 17.1 Å². The third-order valence-electron chi connectivity index (χ3n) is 3.88. The number of benzene rings is 2. The molecule has 0 unspecified atom stereocenters. The molecule has 5 heteroatoms. The first-order valence-electron chi connectivity index (χ1n) is 7.44. The summed E-state index contributed by atoms with van der Waals surface area (Å²) in [6.07, 6.45) is 0.627. The Morgan fingerprint density at radius 3 is 2.70 bits per heavy atom. The molecule has 0 spiro atoms. The predicted octanol–water partition coefficient (Wildman–Crippen LogP) is 2.89. The van der Waals surface area contributed by atoms with Crippen LogP contribution < -0.4 is 19.5 Å². The van der Waals surface area contributed by atoms with Crippen molar-refractivity contribution in [1.82, 2.24) is 0 Å². The Kier molecular flexibility index (Phi) is 4.37. The molecule has 2 aromatic rings. The zero-order valence-corrected chi connectivity index (χ0v) is 13.2. The maximum atomic E-state index is 12.5. The van der Waals surface area contributed by atoms with E-state index in [9.17, 15) is 4.79 Å². The van der Waals surface area contributed by atoms with Gasteiger partial charge in [0.2, 0.25) is 5.91 Å². The van der Waals surface area contributed by atoms with Gasteiger partial charge in [-0.1, -0.05) is 6.07 Å². The fourth-order valence-electron chi connectivity index (χ4n) is 2.61. The average molecular weight is 313 g/mol. The van der Waals surface area contributed by atoms with Crippen LogP contribution in [-0.2, 0) is 11.2 Å². The molecular weight excluding hydrogens is 294 g/mol. The second-order valence-electron chi connectivity index (χ2n) is 5.41. The summed E-state index contributed by atoms with van der Waals surface area (Å²) in [5, 5.41) is 2.92. The minimum Gasteiger partial charge on any atom is -0.497 e. The van der Waals surface area contributed by atoms with Crippen molar-refractivity contribution in [3.63, 3.8) is 0 Å². The van der Waals surface area contributed by atoms with E-state index in [2.05, 4.69) is 5.32 Å². The van der Waals surface area contributed by atoms with E-state index in [0.29, 0.717) is 24.5 Å². The minimum atomic E-state index is -0.235. The monoisotopic (exact) mass is 313 g/mol. The maximum Gasteiger partial charge on any atom is 0.231 e. The summed E-state index contributed by atoms with van der Waals surface area (Å²) in [5.41, 5.74) is 1.70. The number of methoxy groups -OCH3 is 2. The number of nitrogens with one attached hydrogen (secondary N) is 1. The number of anilines is 1. The molecule has 0 saturated heterocycles. The highest BCUT2D eigenvalue weighted by atomic mass is 16.5. The van der Waals surface area contributed by atoms with Crippen LogP contribution in [0.5, 0.6) is 17.2 Å². The number of ether oxygens (including phenoxy) is 3. The van der Waals surface area contributed by atoms with Gasteiger partial charge >= 0.3 is 0 Å². The van der Waals surface area contributed by atoms with Crippen LogP contribution in [0.4, 0.5) is 5.69 Å². The van der Waals surface area contributed by atoms with Crippen molar-refractivity contribution in [2.24, 2.45) is 5.92 Å². The van der Waals surface area contributed by atoms with E-state index in [4.69, 9.17) is 14.2 Å². The van der Waals surface area contributed by atoms with Gasteiger partial charge < -0.3 is 19.5 Å². The van der Waals surface area contributed by atoms with Gasteiger partial charge in [-0.3, -0.25) is 4.79 Å². The van der Waals surface area contributed by atoms with Crippen LogP contribution in [0.25, 0.3) is 0 Å². The summed E-state index contributed by atoms with van der Waals surface area (Å²) < 4.78 is 16.1. The molecule has 0 radical (unpaired) electrons. The van der Waals surface area contributed by atoms with E-state index >= 15 is 0 Å². The molecule has 0 bridgehead atoms. The van der Waals surface area contributed by atoms with Crippen molar-refractivity contribution in [3.05, 3.63) is 48.0 Å². The quantitative estimate of drug-likeness (QED) is 0.943. The van der Waals surface area contributed by atoms with Crippen molar-refractivity contribution in [3.8, 4) is 17.2 Å². The van der Waals surface area contributed by atoms with Crippen LogP contribution in [0, 0.1) is 5.92 Å². The average Bonchev–Trinajstić information content (AvgIpc) is 2.60. The van der Waals surface area contributed by atoms with Gasteiger partial charge in [-0.15, -0.1) is 0 Å². The largest absolute Gasteiger partial charge is 0.497 e. The Bertz CT molecular complexity index is 714. The lowest BCUT2D eigenvalue weighted by atomic mass is 9.95. The second kappa shape index (κ2) is 6.60. The first-order valence-corrected chi connectivity index (χ1v) is 7.44. The van der Waals surface area contributed by atoms with Crippen molar-refractivity contribution in [2.75, 3.05) is 26.1 Å². The third kappa shape index (κ3) is 3.39. The molecule has 1 heterocycles. The van der Waals surface area contributed by atoms with Crippen LogP contribution in [-0.4, -0.2) is 26.7 Å². The lowest BCUT2D eigenvalue weighted by molar-refractivity contribution is -0.121. The van der Waals surface area contributed by atoms with Crippen molar-refractivity contribution >= 4 is 11.6 Å². The fraction of sp³-hybridized carbons (Fsp3) is 0.278. The van der Waals surface area contributed by atoms with E-state index in [-0.39, 0.29) is 11.8 Å². The first-order chi connectivity index (χ1) is 11.2. The van der Waals surface area contributed by atoms with Gasteiger partial charge in [0.15, 0.2) is 0 Å². The van der Waals surface area contributed by atoms with Gasteiger partial charge in [-0.05, 0) is 42.3 Å². The van der Waals surface area contributed by atoms with Crippen LogP contribution in [0.3, 0.4) is 0 Å². The highest BCUT2D eigenvalue weighted by Crippen LogP contribution is 2.31. The van der Waals surface area contributed by atoms with E-state index in [1.165, 1.54) is 0 Å². The van der Waals surface area contributed by atoms with Crippen molar-refractivity contribution in [1.29, 1.82) is 0 Å². The van der Waals surface area contributed by atoms with E-state index in [1.807, 2.05) is 36.4 Å². The SMILES string of the molecule is COc1cccc(NC(=O)[C@H]2COc3ccc(OC)cc3C2)c1. The maximum absolute atomic E-state index is 12.5. The van der Waals surface area contributed by atoms with E-state index < -0.39 is 0 Å². The first kappa shape index (κ1) is 15.2. The zero-order chi connectivity index (χ0) is 16.2. The molecule has 3 rings (SSSR count). The normalized spacial score (nSPS) is 16.0. The molecule has 0 aromatic heterocycles. The summed E-state index contributed by atoms with van der Waals surface area (Å²) in [4.78, 5) is 12.5. The molecule has 2 aromatic carbocycles. The molecule has 1 aliphatic heterocycles. The molecule has 5 nitrogen and oxygen atoms in total. The topological polar surface area (TPSA) is 56.8 Å². The summed E-state index contributed by atoms with van der Waals surface area (Å²) in [7, 11) is 3.22. The number of carbonyl (C=O) groups excluding carboxylic acids is 1. The third-order valence-corrected chi connectivity index (χ3v) is 3.88. The van der Waals surface area contributed by atoms with E-state index in [1.54, 1.807) is 20.3 Å². The molecule has 0 saturated carbocycles.